The molecule has 2 N–H and O–H groups in total. The minimum Gasteiger partial charge on any atom is -0.444 e. The number of ether oxygens (including phenoxy) is 1. The molecule has 166 valence electrons. The molecule has 0 fully saturated rings. The second-order valence-electron chi connectivity index (χ2n) is 8.30. The summed E-state index contributed by atoms with van der Waals surface area (Å²) in [5.74, 6) is -0.937. The van der Waals surface area contributed by atoms with E-state index >= 15 is 0 Å². The number of nitrogens with zero attached hydrogens (tertiary/aromatic N) is 1. The molecule has 1 atom stereocenters. The summed E-state index contributed by atoms with van der Waals surface area (Å²) in [4.78, 5) is 29.1. The topological polar surface area (TPSA) is 80.3 Å². The summed E-state index contributed by atoms with van der Waals surface area (Å²) in [5.41, 5.74) is 1.97. The normalized spacial score (nSPS) is 12.0. The van der Waals surface area contributed by atoms with Crippen LogP contribution in [0.5, 0.6) is 0 Å². The van der Waals surface area contributed by atoms with Gasteiger partial charge in [-0.25, -0.2) is 9.78 Å². The van der Waals surface area contributed by atoms with Crippen molar-refractivity contribution in [1.29, 1.82) is 0 Å². The van der Waals surface area contributed by atoms with E-state index in [4.69, 9.17) is 4.74 Å². The number of hydrogen-bond donors (Lipinski definition) is 2. The molecule has 1 aromatic heterocycles. The molecule has 0 saturated carbocycles. The molecule has 0 aliphatic rings. The highest BCUT2D eigenvalue weighted by Gasteiger charge is 2.25. The van der Waals surface area contributed by atoms with Gasteiger partial charge in [0.15, 0.2) is 0 Å². The van der Waals surface area contributed by atoms with Crippen LogP contribution in [0.25, 0.3) is 11.3 Å². The summed E-state index contributed by atoms with van der Waals surface area (Å²) in [6, 6.07) is 20.0. The Labute approximate surface area is 186 Å². The standard InChI is InChI=1S/C25H26FN3O3/c1-25(2,3)32-24(31)29-21(16-17-8-5-4-6-9-17)23(30)27-19-14-12-18(13-15-19)20-10-7-11-22(26)28-20/h4-15,21H,16H2,1-3H3,(H,27,30)(H,29,31). The molecule has 1 heterocycles. The fraction of sp³-hybridized carbons (Fsp3) is 0.240. The smallest absolute Gasteiger partial charge is 0.408 e. The highest BCUT2D eigenvalue weighted by atomic mass is 19.1. The van der Waals surface area contributed by atoms with Crippen LogP contribution in [-0.2, 0) is 16.0 Å². The summed E-state index contributed by atoms with van der Waals surface area (Å²) in [7, 11) is 0. The number of rotatable bonds is 6. The predicted octanol–water partition coefficient (Wildman–Crippen LogP) is 4.96. The van der Waals surface area contributed by atoms with E-state index in [0.717, 1.165) is 11.1 Å². The number of benzene rings is 2. The third kappa shape index (κ3) is 6.91. The molecular weight excluding hydrogens is 409 g/mol. The van der Waals surface area contributed by atoms with Gasteiger partial charge < -0.3 is 15.4 Å². The van der Waals surface area contributed by atoms with Gasteiger partial charge in [0.25, 0.3) is 0 Å². The number of pyridine rings is 1. The largest absolute Gasteiger partial charge is 0.444 e. The van der Waals surface area contributed by atoms with Gasteiger partial charge in [-0.3, -0.25) is 4.79 Å². The highest BCUT2D eigenvalue weighted by Crippen LogP contribution is 2.20. The summed E-state index contributed by atoms with van der Waals surface area (Å²) in [5, 5.41) is 5.48. The van der Waals surface area contributed by atoms with E-state index in [2.05, 4.69) is 15.6 Å². The zero-order chi connectivity index (χ0) is 23.1. The van der Waals surface area contributed by atoms with Crippen LogP contribution in [0.3, 0.4) is 0 Å². The van der Waals surface area contributed by atoms with Crippen LogP contribution < -0.4 is 10.6 Å². The van der Waals surface area contributed by atoms with Crippen molar-refractivity contribution >= 4 is 17.7 Å². The van der Waals surface area contributed by atoms with E-state index in [-0.39, 0.29) is 5.91 Å². The molecule has 0 radical (unpaired) electrons. The molecule has 32 heavy (non-hydrogen) atoms. The molecule has 6 nitrogen and oxygen atoms in total. The zero-order valence-electron chi connectivity index (χ0n) is 18.3. The van der Waals surface area contributed by atoms with Crippen molar-refractivity contribution in [2.45, 2.75) is 38.8 Å². The number of carbonyl (C=O) groups excluding carboxylic acids is 2. The van der Waals surface area contributed by atoms with Crippen molar-refractivity contribution in [1.82, 2.24) is 10.3 Å². The van der Waals surface area contributed by atoms with E-state index in [1.54, 1.807) is 57.2 Å². The number of hydrogen-bond acceptors (Lipinski definition) is 4. The molecule has 0 bridgehead atoms. The lowest BCUT2D eigenvalue weighted by atomic mass is 10.1. The number of halogens is 1. The molecule has 0 aliphatic heterocycles. The monoisotopic (exact) mass is 435 g/mol. The molecule has 1 unspecified atom stereocenters. The van der Waals surface area contributed by atoms with Gasteiger partial charge in [-0.1, -0.05) is 48.5 Å². The van der Waals surface area contributed by atoms with E-state index in [0.29, 0.717) is 17.8 Å². The first-order valence-corrected chi connectivity index (χ1v) is 10.3. The Bertz CT molecular complexity index is 1060. The zero-order valence-corrected chi connectivity index (χ0v) is 18.3. The number of nitrogens with one attached hydrogen (secondary N) is 2. The molecule has 2 aromatic carbocycles. The van der Waals surface area contributed by atoms with Gasteiger partial charge in [-0.05, 0) is 50.6 Å². The number of amides is 2. The van der Waals surface area contributed by atoms with Crippen molar-refractivity contribution in [3.8, 4) is 11.3 Å². The van der Waals surface area contributed by atoms with E-state index < -0.39 is 23.7 Å². The highest BCUT2D eigenvalue weighted by molar-refractivity contribution is 5.97. The first kappa shape index (κ1) is 22.9. The molecule has 0 saturated heterocycles. The molecule has 3 aromatic rings. The molecule has 3 rings (SSSR count). The van der Waals surface area contributed by atoms with Gasteiger partial charge in [-0.15, -0.1) is 0 Å². The maximum atomic E-state index is 13.4. The van der Waals surface area contributed by atoms with Crippen molar-refractivity contribution in [2.24, 2.45) is 0 Å². The van der Waals surface area contributed by atoms with Gasteiger partial charge in [0.1, 0.15) is 11.6 Å². The average Bonchev–Trinajstić information content (AvgIpc) is 2.73. The summed E-state index contributed by atoms with van der Waals surface area (Å²) in [6.07, 6.45) is -0.363. The lowest BCUT2D eigenvalue weighted by Gasteiger charge is -2.23. The van der Waals surface area contributed by atoms with Crippen LogP contribution in [0.1, 0.15) is 26.3 Å². The van der Waals surface area contributed by atoms with Gasteiger partial charge in [0.05, 0.1) is 5.69 Å². The van der Waals surface area contributed by atoms with Gasteiger partial charge in [0.2, 0.25) is 11.9 Å². The van der Waals surface area contributed by atoms with E-state index in [1.807, 2.05) is 30.3 Å². The fourth-order valence-corrected chi connectivity index (χ4v) is 3.03. The quantitative estimate of drug-likeness (QED) is 0.536. The SMILES string of the molecule is CC(C)(C)OC(=O)NC(Cc1ccccc1)C(=O)Nc1ccc(-c2cccc(F)n2)cc1. The second kappa shape index (κ2) is 10.0. The van der Waals surface area contributed by atoms with Crippen molar-refractivity contribution in [3.63, 3.8) is 0 Å². The van der Waals surface area contributed by atoms with Crippen molar-refractivity contribution < 1.29 is 18.7 Å². The third-order valence-corrected chi connectivity index (χ3v) is 4.45. The van der Waals surface area contributed by atoms with Gasteiger partial charge in [-0.2, -0.15) is 4.39 Å². The maximum Gasteiger partial charge on any atom is 0.408 e. The molecule has 0 spiro atoms. The molecule has 2 amide bonds. The number of aromatic nitrogens is 1. The van der Waals surface area contributed by atoms with Crippen molar-refractivity contribution in [3.05, 3.63) is 84.3 Å². The Morgan fingerprint density at radius 3 is 2.28 bits per heavy atom. The van der Waals surface area contributed by atoms with Gasteiger partial charge in [0, 0.05) is 17.7 Å². The van der Waals surface area contributed by atoms with Gasteiger partial charge >= 0.3 is 6.09 Å². The Morgan fingerprint density at radius 1 is 0.969 bits per heavy atom. The minimum absolute atomic E-state index is 0.303. The lowest BCUT2D eigenvalue weighted by molar-refractivity contribution is -0.118. The number of carbonyl (C=O) groups is 2. The summed E-state index contributed by atoms with van der Waals surface area (Å²) < 4.78 is 18.7. The Hall–Kier alpha value is -3.74. The summed E-state index contributed by atoms with van der Waals surface area (Å²) >= 11 is 0. The molecular formula is C25H26FN3O3. The Morgan fingerprint density at radius 2 is 1.66 bits per heavy atom. The Balaban J connectivity index is 1.72. The van der Waals surface area contributed by atoms with Crippen LogP contribution in [0.15, 0.2) is 72.8 Å². The Kier molecular flexibility index (Phi) is 7.20. The van der Waals surface area contributed by atoms with Crippen LogP contribution in [0.4, 0.5) is 14.9 Å². The molecule has 0 aliphatic carbocycles. The first-order valence-electron chi connectivity index (χ1n) is 10.3. The predicted molar refractivity (Wildman–Crippen MR) is 122 cm³/mol. The number of alkyl carbamates (subject to hydrolysis) is 1. The van der Waals surface area contributed by atoms with Crippen LogP contribution >= 0.6 is 0 Å². The van der Waals surface area contributed by atoms with Crippen LogP contribution in [0.2, 0.25) is 0 Å². The summed E-state index contributed by atoms with van der Waals surface area (Å²) in [6.45, 7) is 5.27. The van der Waals surface area contributed by atoms with E-state index in [1.165, 1.54) is 6.07 Å². The molecule has 7 heteroatoms. The third-order valence-electron chi connectivity index (χ3n) is 4.45. The average molecular weight is 435 g/mol. The second-order valence-corrected chi connectivity index (χ2v) is 8.30. The lowest BCUT2D eigenvalue weighted by Crippen LogP contribution is -2.47. The fourth-order valence-electron chi connectivity index (χ4n) is 3.03. The van der Waals surface area contributed by atoms with Crippen molar-refractivity contribution in [2.75, 3.05) is 5.32 Å². The van der Waals surface area contributed by atoms with E-state index in [9.17, 15) is 14.0 Å². The van der Waals surface area contributed by atoms with Crippen LogP contribution in [0, 0.1) is 5.95 Å². The van der Waals surface area contributed by atoms with Crippen LogP contribution in [-0.4, -0.2) is 28.6 Å². The number of anilines is 1. The maximum absolute atomic E-state index is 13.4. The minimum atomic E-state index is -0.836. The first-order chi connectivity index (χ1) is 15.2.